The summed E-state index contributed by atoms with van der Waals surface area (Å²) in [5.74, 6) is 0.209. The third kappa shape index (κ3) is 4.02. The summed E-state index contributed by atoms with van der Waals surface area (Å²) in [5, 5.41) is 3.32. The average Bonchev–Trinajstić information content (AvgIpc) is 3.39. The monoisotopic (exact) mass is 496 g/mol. The predicted octanol–water partition coefficient (Wildman–Crippen LogP) is 5.27. The van der Waals surface area contributed by atoms with E-state index < -0.39 is 0 Å². The van der Waals surface area contributed by atoms with Crippen LogP contribution in [0.25, 0.3) is 0 Å². The fourth-order valence-electron chi connectivity index (χ4n) is 4.21. The van der Waals surface area contributed by atoms with Gasteiger partial charge in [-0.3, -0.25) is 15.0 Å². The highest BCUT2D eigenvalue weighted by molar-refractivity contribution is 9.10. The van der Waals surface area contributed by atoms with E-state index in [4.69, 9.17) is 11.6 Å². The third-order valence-electron chi connectivity index (χ3n) is 5.67. The number of carbonyl (C=O) groups excluding carboxylic acids is 2. The second-order valence-corrected chi connectivity index (χ2v) is 10.2. The summed E-state index contributed by atoms with van der Waals surface area (Å²) >= 11 is 10.7. The quantitative estimate of drug-likeness (QED) is 0.626. The molecule has 29 heavy (non-hydrogen) atoms. The van der Waals surface area contributed by atoms with Crippen LogP contribution < -0.4 is 10.2 Å². The predicted molar refractivity (Wildman–Crippen MR) is 120 cm³/mol. The minimum Gasteiger partial charge on any atom is -0.342 e. The molecule has 0 saturated carbocycles. The molecule has 4 rings (SSSR count). The van der Waals surface area contributed by atoms with E-state index >= 15 is 0 Å². The SMILES string of the molecule is CCCCC(=O)N1CCC2(C1)CN(C(=O)Nc1ncc(Cl)s1)c1ccc(Br)cc12. The molecule has 3 heterocycles. The van der Waals surface area contributed by atoms with Gasteiger partial charge >= 0.3 is 6.03 Å². The van der Waals surface area contributed by atoms with Crippen LogP contribution >= 0.6 is 38.9 Å². The Morgan fingerprint density at radius 2 is 2.21 bits per heavy atom. The van der Waals surface area contributed by atoms with Crippen LogP contribution in [0.2, 0.25) is 4.34 Å². The number of benzene rings is 1. The van der Waals surface area contributed by atoms with Crippen LogP contribution in [0.15, 0.2) is 28.9 Å². The molecule has 1 atom stereocenters. The van der Waals surface area contributed by atoms with Gasteiger partial charge in [0, 0.05) is 41.6 Å². The van der Waals surface area contributed by atoms with Crippen molar-refractivity contribution in [1.29, 1.82) is 0 Å². The van der Waals surface area contributed by atoms with Gasteiger partial charge in [-0.25, -0.2) is 9.78 Å². The largest absolute Gasteiger partial charge is 0.342 e. The number of aromatic nitrogens is 1. The van der Waals surface area contributed by atoms with Gasteiger partial charge in [0.25, 0.3) is 0 Å². The maximum Gasteiger partial charge on any atom is 0.328 e. The van der Waals surface area contributed by atoms with Gasteiger partial charge < -0.3 is 4.90 Å². The second kappa shape index (κ2) is 8.24. The topological polar surface area (TPSA) is 65.5 Å². The van der Waals surface area contributed by atoms with E-state index in [1.165, 1.54) is 17.5 Å². The molecule has 1 spiro atoms. The number of likely N-dealkylation sites (tertiary alicyclic amines) is 1. The number of unbranched alkanes of at least 4 members (excludes halogenated alkanes) is 1. The number of carbonyl (C=O) groups is 2. The summed E-state index contributed by atoms with van der Waals surface area (Å²) in [6.45, 7) is 4.01. The van der Waals surface area contributed by atoms with Crippen molar-refractivity contribution in [3.05, 3.63) is 38.8 Å². The second-order valence-electron chi connectivity index (χ2n) is 7.60. The molecule has 2 aromatic rings. The van der Waals surface area contributed by atoms with Crippen molar-refractivity contribution in [2.75, 3.05) is 29.9 Å². The lowest BCUT2D eigenvalue weighted by Gasteiger charge is -2.26. The maximum absolute atomic E-state index is 13.0. The molecular formula is C20H22BrClN4O2S. The Morgan fingerprint density at radius 3 is 2.93 bits per heavy atom. The van der Waals surface area contributed by atoms with Crippen molar-refractivity contribution in [1.82, 2.24) is 9.88 Å². The molecule has 0 radical (unpaired) electrons. The Morgan fingerprint density at radius 1 is 1.38 bits per heavy atom. The first-order valence-corrected chi connectivity index (χ1v) is 11.7. The minimum atomic E-state index is -0.237. The first-order chi connectivity index (χ1) is 13.9. The normalized spacial score (nSPS) is 20.4. The van der Waals surface area contributed by atoms with Crippen molar-refractivity contribution >= 4 is 61.6 Å². The Hall–Kier alpha value is -1.64. The molecule has 1 aromatic carbocycles. The van der Waals surface area contributed by atoms with E-state index in [0.717, 1.165) is 41.5 Å². The Bertz CT molecular complexity index is 952. The van der Waals surface area contributed by atoms with Crippen LogP contribution in [0.4, 0.5) is 15.6 Å². The van der Waals surface area contributed by atoms with Gasteiger partial charge in [0.2, 0.25) is 5.91 Å². The maximum atomic E-state index is 13.0. The molecule has 1 fully saturated rings. The molecule has 1 N–H and O–H groups in total. The molecule has 1 saturated heterocycles. The number of hydrogen-bond acceptors (Lipinski definition) is 4. The molecule has 0 aliphatic carbocycles. The summed E-state index contributed by atoms with van der Waals surface area (Å²) < 4.78 is 1.50. The fourth-order valence-corrected chi connectivity index (χ4v) is 5.38. The highest BCUT2D eigenvalue weighted by Gasteiger charge is 2.49. The fraction of sp³-hybridized carbons (Fsp3) is 0.450. The molecule has 6 nitrogen and oxygen atoms in total. The summed E-state index contributed by atoms with van der Waals surface area (Å²) in [7, 11) is 0. The van der Waals surface area contributed by atoms with Crippen molar-refractivity contribution in [3.63, 3.8) is 0 Å². The smallest absolute Gasteiger partial charge is 0.328 e. The van der Waals surface area contributed by atoms with Gasteiger partial charge in [-0.2, -0.15) is 0 Å². The summed E-state index contributed by atoms with van der Waals surface area (Å²) in [4.78, 5) is 33.4. The summed E-state index contributed by atoms with van der Waals surface area (Å²) in [6.07, 6.45) is 4.88. The Labute approximate surface area is 187 Å². The van der Waals surface area contributed by atoms with Gasteiger partial charge in [0.05, 0.1) is 6.20 Å². The van der Waals surface area contributed by atoms with E-state index in [1.54, 1.807) is 4.90 Å². The number of thiazole rings is 1. The molecule has 1 aromatic heterocycles. The van der Waals surface area contributed by atoms with Gasteiger partial charge in [0.1, 0.15) is 4.34 Å². The highest BCUT2D eigenvalue weighted by Crippen LogP contribution is 2.47. The zero-order chi connectivity index (χ0) is 20.6. The number of anilines is 2. The summed E-state index contributed by atoms with van der Waals surface area (Å²) in [5.41, 5.74) is 1.76. The Balaban J connectivity index is 1.58. The van der Waals surface area contributed by atoms with Crippen LogP contribution in [0, 0.1) is 0 Å². The Kier molecular flexibility index (Phi) is 5.86. The number of nitrogens with one attached hydrogen (secondary N) is 1. The van der Waals surface area contributed by atoms with Crippen LogP contribution in [-0.2, 0) is 10.2 Å². The van der Waals surface area contributed by atoms with E-state index in [2.05, 4.69) is 39.2 Å². The van der Waals surface area contributed by atoms with Crippen LogP contribution in [-0.4, -0.2) is 41.5 Å². The van der Waals surface area contributed by atoms with Gasteiger partial charge in [0.15, 0.2) is 5.13 Å². The van der Waals surface area contributed by atoms with Gasteiger partial charge in [-0.1, -0.05) is 52.2 Å². The number of halogens is 2. The average molecular weight is 498 g/mol. The number of rotatable bonds is 4. The first kappa shape index (κ1) is 20.6. The molecular weight excluding hydrogens is 476 g/mol. The van der Waals surface area contributed by atoms with E-state index in [0.29, 0.717) is 29.0 Å². The van der Waals surface area contributed by atoms with Crippen molar-refractivity contribution in [3.8, 4) is 0 Å². The van der Waals surface area contributed by atoms with Crippen molar-refractivity contribution in [2.45, 2.75) is 38.0 Å². The molecule has 154 valence electrons. The van der Waals surface area contributed by atoms with E-state index in [-0.39, 0.29) is 17.4 Å². The lowest BCUT2D eigenvalue weighted by Crippen LogP contribution is -2.41. The first-order valence-electron chi connectivity index (χ1n) is 9.69. The number of urea groups is 1. The highest BCUT2D eigenvalue weighted by atomic mass is 79.9. The van der Waals surface area contributed by atoms with Crippen molar-refractivity contribution in [2.24, 2.45) is 0 Å². The van der Waals surface area contributed by atoms with E-state index in [9.17, 15) is 9.59 Å². The van der Waals surface area contributed by atoms with Crippen LogP contribution in [0.5, 0.6) is 0 Å². The van der Waals surface area contributed by atoms with Gasteiger partial charge in [-0.15, -0.1) is 0 Å². The van der Waals surface area contributed by atoms with Crippen molar-refractivity contribution < 1.29 is 9.59 Å². The van der Waals surface area contributed by atoms with Crippen LogP contribution in [0.3, 0.4) is 0 Å². The molecule has 3 amide bonds. The van der Waals surface area contributed by atoms with Gasteiger partial charge in [-0.05, 0) is 36.6 Å². The lowest BCUT2D eigenvalue weighted by molar-refractivity contribution is -0.130. The number of amides is 3. The molecule has 1 unspecified atom stereocenters. The number of fused-ring (bicyclic) bond motifs is 2. The minimum absolute atomic E-state index is 0.209. The van der Waals surface area contributed by atoms with Crippen LogP contribution in [0.1, 0.15) is 38.2 Å². The zero-order valence-electron chi connectivity index (χ0n) is 16.1. The number of hydrogen-bond donors (Lipinski definition) is 1. The molecule has 2 aliphatic rings. The standard InChI is InChI=1S/C20H22BrClN4O2S/c1-2-3-4-17(27)25-8-7-20(11-25)12-26(15-6-5-13(21)9-14(15)20)19(28)24-18-23-10-16(22)29-18/h5-6,9-10H,2-4,7-8,11-12H2,1H3,(H,23,24,28). The molecule has 9 heteroatoms. The number of nitrogens with zero attached hydrogens (tertiary/aromatic N) is 3. The lowest BCUT2D eigenvalue weighted by atomic mass is 9.81. The molecule has 0 bridgehead atoms. The summed E-state index contributed by atoms with van der Waals surface area (Å²) in [6, 6.07) is 5.76. The van der Waals surface area contributed by atoms with E-state index in [1.807, 2.05) is 17.0 Å². The molecule has 2 aliphatic heterocycles. The third-order valence-corrected chi connectivity index (χ3v) is 7.19. The zero-order valence-corrected chi connectivity index (χ0v) is 19.2.